The number of rotatable bonds is 2. The molecule has 1 saturated heterocycles. The van der Waals surface area contributed by atoms with Crippen molar-refractivity contribution in [1.29, 1.82) is 0 Å². The molecule has 1 N–H and O–H groups in total. The predicted octanol–water partition coefficient (Wildman–Crippen LogP) is 3.73. The van der Waals surface area contributed by atoms with Gasteiger partial charge in [-0.05, 0) is 52.9 Å². The molecule has 0 spiro atoms. The third kappa shape index (κ3) is 1.91. The van der Waals surface area contributed by atoms with E-state index in [-0.39, 0.29) is 0 Å². The highest BCUT2D eigenvalue weighted by molar-refractivity contribution is 9.10. The zero-order chi connectivity index (χ0) is 12.7. The standard InChI is InChI=1S/C14H18BrNO2/c1-8(2)12-9(11-4-3-5-16-11)6-10(15)13-14(12)18-7-17-13/h6,8,11,16H,3-5,7H2,1-2H3. The second-order valence-corrected chi connectivity index (χ2v) is 6.08. The largest absolute Gasteiger partial charge is 0.453 e. The van der Waals surface area contributed by atoms with Crippen molar-refractivity contribution in [3.05, 3.63) is 21.7 Å². The lowest BCUT2D eigenvalue weighted by Crippen LogP contribution is -2.15. The molecule has 3 rings (SSSR count). The number of fused-ring (bicyclic) bond motifs is 1. The molecule has 2 aliphatic heterocycles. The molecular formula is C14H18BrNO2. The highest BCUT2D eigenvalue weighted by atomic mass is 79.9. The van der Waals surface area contributed by atoms with E-state index in [2.05, 4.69) is 41.2 Å². The second-order valence-electron chi connectivity index (χ2n) is 5.23. The average Bonchev–Trinajstić information content (AvgIpc) is 2.99. The third-order valence-electron chi connectivity index (χ3n) is 3.68. The van der Waals surface area contributed by atoms with Crippen LogP contribution >= 0.6 is 15.9 Å². The maximum atomic E-state index is 5.69. The molecule has 1 unspecified atom stereocenters. The molecule has 1 aromatic carbocycles. The lowest BCUT2D eigenvalue weighted by Gasteiger charge is -2.21. The first-order valence-corrected chi connectivity index (χ1v) is 7.33. The Bertz CT molecular complexity index is 467. The van der Waals surface area contributed by atoms with Gasteiger partial charge in [0.1, 0.15) is 0 Å². The summed E-state index contributed by atoms with van der Waals surface area (Å²) in [6.07, 6.45) is 2.44. The van der Waals surface area contributed by atoms with Gasteiger partial charge in [-0.2, -0.15) is 0 Å². The van der Waals surface area contributed by atoms with Crippen LogP contribution in [0.3, 0.4) is 0 Å². The predicted molar refractivity (Wildman–Crippen MR) is 74.3 cm³/mol. The maximum absolute atomic E-state index is 5.69. The molecule has 0 aliphatic carbocycles. The molecule has 2 heterocycles. The van der Waals surface area contributed by atoms with Gasteiger partial charge < -0.3 is 14.8 Å². The molecule has 0 saturated carbocycles. The lowest BCUT2D eigenvalue weighted by atomic mass is 9.91. The van der Waals surface area contributed by atoms with Crippen molar-refractivity contribution in [3.63, 3.8) is 0 Å². The molecule has 0 aromatic heterocycles. The summed E-state index contributed by atoms with van der Waals surface area (Å²) in [5.74, 6) is 2.23. The van der Waals surface area contributed by atoms with Crippen LogP contribution in [0, 0.1) is 0 Å². The van der Waals surface area contributed by atoms with E-state index in [1.54, 1.807) is 0 Å². The van der Waals surface area contributed by atoms with E-state index in [0.29, 0.717) is 18.8 Å². The number of nitrogens with one attached hydrogen (secondary N) is 1. The molecular weight excluding hydrogens is 294 g/mol. The molecule has 3 nitrogen and oxygen atoms in total. The van der Waals surface area contributed by atoms with Crippen LogP contribution in [0.4, 0.5) is 0 Å². The summed E-state index contributed by atoms with van der Waals surface area (Å²) in [7, 11) is 0. The van der Waals surface area contributed by atoms with Gasteiger partial charge >= 0.3 is 0 Å². The van der Waals surface area contributed by atoms with E-state index in [1.807, 2.05) is 0 Å². The van der Waals surface area contributed by atoms with Crippen molar-refractivity contribution in [2.24, 2.45) is 0 Å². The van der Waals surface area contributed by atoms with Crippen molar-refractivity contribution in [2.75, 3.05) is 13.3 Å². The molecule has 2 aliphatic rings. The van der Waals surface area contributed by atoms with Gasteiger partial charge in [-0.25, -0.2) is 0 Å². The van der Waals surface area contributed by atoms with Crippen LogP contribution < -0.4 is 14.8 Å². The Balaban J connectivity index is 2.14. The highest BCUT2D eigenvalue weighted by Crippen LogP contribution is 2.48. The number of hydrogen-bond donors (Lipinski definition) is 1. The number of hydrogen-bond acceptors (Lipinski definition) is 3. The SMILES string of the molecule is CC(C)c1c(C2CCCN2)cc(Br)c2c1OCO2. The van der Waals surface area contributed by atoms with Crippen molar-refractivity contribution in [1.82, 2.24) is 5.32 Å². The molecule has 0 bridgehead atoms. The van der Waals surface area contributed by atoms with Crippen LogP contribution in [-0.2, 0) is 0 Å². The summed E-state index contributed by atoms with van der Waals surface area (Å²) >= 11 is 3.60. The Morgan fingerprint density at radius 3 is 2.78 bits per heavy atom. The van der Waals surface area contributed by atoms with Crippen LogP contribution in [0.5, 0.6) is 11.5 Å². The topological polar surface area (TPSA) is 30.5 Å². The smallest absolute Gasteiger partial charge is 0.231 e. The van der Waals surface area contributed by atoms with Crippen molar-refractivity contribution < 1.29 is 9.47 Å². The lowest BCUT2D eigenvalue weighted by molar-refractivity contribution is 0.172. The maximum Gasteiger partial charge on any atom is 0.231 e. The number of ether oxygens (including phenoxy) is 2. The Kier molecular flexibility index (Phi) is 3.24. The van der Waals surface area contributed by atoms with Gasteiger partial charge in [0.05, 0.1) is 4.47 Å². The van der Waals surface area contributed by atoms with Gasteiger partial charge in [0.25, 0.3) is 0 Å². The minimum absolute atomic E-state index is 0.329. The fourth-order valence-corrected chi connectivity index (χ4v) is 3.44. The van der Waals surface area contributed by atoms with Gasteiger partial charge in [-0.15, -0.1) is 0 Å². The molecule has 98 valence electrons. The van der Waals surface area contributed by atoms with E-state index in [4.69, 9.17) is 9.47 Å². The van der Waals surface area contributed by atoms with E-state index < -0.39 is 0 Å². The summed E-state index contributed by atoms with van der Waals surface area (Å²) in [4.78, 5) is 0. The van der Waals surface area contributed by atoms with Gasteiger partial charge in [0.2, 0.25) is 6.79 Å². The summed E-state index contributed by atoms with van der Waals surface area (Å²) in [6.45, 7) is 5.86. The summed E-state index contributed by atoms with van der Waals surface area (Å²) in [6, 6.07) is 2.65. The molecule has 4 heteroatoms. The first-order chi connectivity index (χ1) is 8.68. The van der Waals surface area contributed by atoms with Crippen LogP contribution in [0.1, 0.15) is 49.8 Å². The fourth-order valence-electron chi connectivity index (χ4n) is 2.90. The quantitative estimate of drug-likeness (QED) is 0.903. The Labute approximate surface area is 116 Å². The minimum atomic E-state index is 0.329. The molecule has 18 heavy (non-hydrogen) atoms. The summed E-state index contributed by atoms with van der Waals surface area (Å²) in [5, 5.41) is 3.57. The normalized spacial score (nSPS) is 21.9. The second kappa shape index (κ2) is 4.74. The summed E-state index contributed by atoms with van der Waals surface area (Å²) < 4.78 is 12.2. The van der Waals surface area contributed by atoms with E-state index in [1.165, 1.54) is 24.0 Å². The number of halogens is 1. The number of benzene rings is 1. The molecule has 1 atom stereocenters. The minimum Gasteiger partial charge on any atom is -0.453 e. The average molecular weight is 312 g/mol. The van der Waals surface area contributed by atoms with Gasteiger partial charge in [0, 0.05) is 11.6 Å². The van der Waals surface area contributed by atoms with E-state index >= 15 is 0 Å². The van der Waals surface area contributed by atoms with Gasteiger partial charge in [-0.3, -0.25) is 0 Å². The zero-order valence-electron chi connectivity index (χ0n) is 10.8. The Morgan fingerprint density at radius 2 is 2.11 bits per heavy atom. The molecule has 1 aromatic rings. The van der Waals surface area contributed by atoms with Gasteiger partial charge in [-0.1, -0.05) is 13.8 Å². The molecule has 0 radical (unpaired) electrons. The third-order valence-corrected chi connectivity index (χ3v) is 4.27. The molecule has 1 fully saturated rings. The van der Waals surface area contributed by atoms with Crippen LogP contribution in [0.2, 0.25) is 0 Å². The first kappa shape index (κ1) is 12.3. The zero-order valence-corrected chi connectivity index (χ0v) is 12.3. The van der Waals surface area contributed by atoms with Crippen molar-refractivity contribution >= 4 is 15.9 Å². The fraction of sp³-hybridized carbons (Fsp3) is 0.571. The molecule has 0 amide bonds. The van der Waals surface area contributed by atoms with E-state index in [0.717, 1.165) is 22.5 Å². The van der Waals surface area contributed by atoms with Crippen LogP contribution in [-0.4, -0.2) is 13.3 Å². The van der Waals surface area contributed by atoms with Crippen LogP contribution in [0.25, 0.3) is 0 Å². The van der Waals surface area contributed by atoms with Crippen molar-refractivity contribution in [3.8, 4) is 11.5 Å². The van der Waals surface area contributed by atoms with Crippen molar-refractivity contribution in [2.45, 2.75) is 38.6 Å². The Hall–Kier alpha value is -0.740. The van der Waals surface area contributed by atoms with E-state index in [9.17, 15) is 0 Å². The van der Waals surface area contributed by atoms with Crippen LogP contribution in [0.15, 0.2) is 10.5 Å². The van der Waals surface area contributed by atoms with Gasteiger partial charge in [0.15, 0.2) is 11.5 Å². The Morgan fingerprint density at radius 1 is 1.33 bits per heavy atom. The highest BCUT2D eigenvalue weighted by Gasteiger charge is 2.29. The monoisotopic (exact) mass is 311 g/mol. The first-order valence-electron chi connectivity index (χ1n) is 6.53. The summed E-state index contributed by atoms with van der Waals surface area (Å²) in [5.41, 5.74) is 2.66.